The van der Waals surface area contributed by atoms with Crippen molar-refractivity contribution in [1.29, 1.82) is 0 Å². The summed E-state index contributed by atoms with van der Waals surface area (Å²) in [5, 5.41) is 3.09. The number of nitrogens with two attached hydrogens (primary N) is 1. The molecule has 1 aliphatic carbocycles. The van der Waals surface area contributed by atoms with Gasteiger partial charge in [-0.2, -0.15) is 0 Å². The van der Waals surface area contributed by atoms with E-state index in [9.17, 15) is 8.78 Å². The maximum absolute atomic E-state index is 15.0. The summed E-state index contributed by atoms with van der Waals surface area (Å²) in [7, 11) is 0. The molecule has 0 spiro atoms. The average molecular weight is 527 g/mol. The van der Waals surface area contributed by atoms with Gasteiger partial charge in [0, 0.05) is 49.4 Å². The van der Waals surface area contributed by atoms with Crippen molar-refractivity contribution in [2.75, 3.05) is 18.4 Å². The Hall–Kier alpha value is -3.21. The molecule has 3 aromatic heterocycles. The van der Waals surface area contributed by atoms with E-state index in [2.05, 4.69) is 25.2 Å². The number of aromatic nitrogens is 5. The van der Waals surface area contributed by atoms with Gasteiger partial charge in [0.2, 0.25) is 5.95 Å². The summed E-state index contributed by atoms with van der Waals surface area (Å²) in [6.07, 6.45) is 3.99. The number of pyridine rings is 1. The second-order valence-electron chi connectivity index (χ2n) is 9.87. The molecule has 0 radical (unpaired) electrons. The summed E-state index contributed by atoms with van der Waals surface area (Å²) in [4.78, 5) is 19.9. The second kappa shape index (κ2) is 9.92. The summed E-state index contributed by atoms with van der Waals surface area (Å²) in [6, 6.07) is 7.38. The van der Waals surface area contributed by atoms with Gasteiger partial charge in [-0.25, -0.2) is 28.7 Å². The van der Waals surface area contributed by atoms with Gasteiger partial charge >= 0.3 is 0 Å². The van der Waals surface area contributed by atoms with Gasteiger partial charge in [0.1, 0.15) is 22.9 Å². The number of fused-ring (bicyclic) bond motifs is 2. The summed E-state index contributed by atoms with van der Waals surface area (Å²) >= 11 is 0. The number of anilines is 2. The Morgan fingerprint density at radius 2 is 1.95 bits per heavy atom. The fourth-order valence-electron chi connectivity index (χ4n) is 5.05. The van der Waals surface area contributed by atoms with Crippen LogP contribution in [-0.2, 0) is 13.0 Å². The van der Waals surface area contributed by atoms with Crippen LogP contribution in [0.15, 0.2) is 30.5 Å². The van der Waals surface area contributed by atoms with Crippen molar-refractivity contribution in [3.8, 4) is 11.3 Å². The van der Waals surface area contributed by atoms with Gasteiger partial charge in [0.25, 0.3) is 0 Å². The molecular formula is C26H29ClF2N8. The van der Waals surface area contributed by atoms with Gasteiger partial charge in [-0.3, -0.25) is 4.90 Å². The molecule has 194 valence electrons. The summed E-state index contributed by atoms with van der Waals surface area (Å²) < 4.78 is 31.8. The molecular weight excluding hydrogens is 498 g/mol. The molecule has 11 heteroatoms. The van der Waals surface area contributed by atoms with Gasteiger partial charge < -0.3 is 15.6 Å². The second-order valence-corrected chi connectivity index (χ2v) is 9.87. The SMILES string of the molecule is Cc1nc2c(F)cc(-c3nc(Nc4ccc5c(n4)CCN(C[C@H](C)N)C5)ncc3F)cc2n1C1CC1.Cl. The van der Waals surface area contributed by atoms with E-state index in [0.717, 1.165) is 56.6 Å². The lowest BCUT2D eigenvalue weighted by molar-refractivity contribution is 0.240. The zero-order valence-electron chi connectivity index (χ0n) is 20.7. The van der Waals surface area contributed by atoms with E-state index in [1.54, 1.807) is 6.07 Å². The first-order valence-corrected chi connectivity index (χ1v) is 12.3. The minimum absolute atomic E-state index is 0. The maximum atomic E-state index is 15.0. The molecule has 1 aromatic carbocycles. The molecule has 1 fully saturated rings. The third-order valence-corrected chi connectivity index (χ3v) is 6.77. The van der Waals surface area contributed by atoms with E-state index < -0.39 is 11.6 Å². The van der Waals surface area contributed by atoms with Crippen molar-refractivity contribution in [3.63, 3.8) is 0 Å². The first-order chi connectivity index (χ1) is 17.4. The molecule has 4 aromatic rings. The molecule has 6 rings (SSSR count). The lowest BCUT2D eigenvalue weighted by Gasteiger charge is -2.29. The first kappa shape index (κ1) is 25.4. The largest absolute Gasteiger partial charge is 0.327 e. The predicted octanol–water partition coefficient (Wildman–Crippen LogP) is 4.68. The van der Waals surface area contributed by atoms with Crippen molar-refractivity contribution < 1.29 is 8.78 Å². The van der Waals surface area contributed by atoms with Crippen LogP contribution in [0.25, 0.3) is 22.3 Å². The number of benzene rings is 1. The number of imidazole rings is 1. The number of halogens is 3. The zero-order valence-corrected chi connectivity index (χ0v) is 21.5. The predicted molar refractivity (Wildman–Crippen MR) is 141 cm³/mol. The highest BCUT2D eigenvalue weighted by molar-refractivity contribution is 5.85. The van der Waals surface area contributed by atoms with Crippen LogP contribution in [0.1, 0.15) is 42.9 Å². The van der Waals surface area contributed by atoms with Crippen molar-refractivity contribution in [3.05, 3.63) is 59.2 Å². The quantitative estimate of drug-likeness (QED) is 0.376. The van der Waals surface area contributed by atoms with Gasteiger partial charge in [0.05, 0.1) is 11.7 Å². The highest BCUT2D eigenvalue weighted by Crippen LogP contribution is 2.40. The number of hydrogen-bond donors (Lipinski definition) is 2. The normalized spacial score (nSPS) is 16.4. The average Bonchev–Trinajstić information content (AvgIpc) is 3.61. The Morgan fingerprint density at radius 3 is 2.70 bits per heavy atom. The highest BCUT2D eigenvalue weighted by Gasteiger charge is 2.28. The van der Waals surface area contributed by atoms with Gasteiger partial charge in [-0.05, 0) is 50.5 Å². The molecule has 0 bridgehead atoms. The maximum Gasteiger partial charge on any atom is 0.229 e. The van der Waals surface area contributed by atoms with Crippen molar-refractivity contribution in [1.82, 2.24) is 29.4 Å². The summed E-state index contributed by atoms with van der Waals surface area (Å²) in [6.45, 7) is 6.43. The minimum atomic E-state index is -0.624. The van der Waals surface area contributed by atoms with E-state index in [0.29, 0.717) is 28.5 Å². The van der Waals surface area contributed by atoms with Crippen LogP contribution >= 0.6 is 12.4 Å². The zero-order chi connectivity index (χ0) is 25.0. The summed E-state index contributed by atoms with van der Waals surface area (Å²) in [5.74, 6) is 0.415. The van der Waals surface area contributed by atoms with Gasteiger partial charge in [-0.1, -0.05) is 6.07 Å². The van der Waals surface area contributed by atoms with E-state index in [1.165, 1.54) is 11.6 Å². The van der Waals surface area contributed by atoms with Crippen LogP contribution in [0.3, 0.4) is 0 Å². The molecule has 0 amide bonds. The topological polar surface area (TPSA) is 97.8 Å². The van der Waals surface area contributed by atoms with E-state index in [4.69, 9.17) is 10.7 Å². The Balaban J connectivity index is 0.00000280. The Kier molecular flexibility index (Phi) is 6.82. The molecule has 2 aliphatic rings. The Labute approximate surface area is 219 Å². The standard InChI is InChI=1S/C26H28F2N8.ClH/c1-14(29)12-35-8-7-21-16(13-35)3-6-23(32-21)33-26-30-11-20(28)24(34-26)17-9-19(27)25-22(10-17)36(15(2)31-25)18-4-5-18;/h3,6,9-11,14,18H,4-5,7-8,12-13,29H2,1-2H3,(H,30,32,33,34);1H/t14-;/m0./s1. The molecule has 0 saturated heterocycles. The van der Waals surface area contributed by atoms with Crippen LogP contribution in [0.2, 0.25) is 0 Å². The van der Waals surface area contributed by atoms with Crippen molar-refractivity contribution >= 4 is 35.2 Å². The lowest BCUT2D eigenvalue weighted by Crippen LogP contribution is -2.39. The van der Waals surface area contributed by atoms with Crippen molar-refractivity contribution in [2.24, 2.45) is 5.73 Å². The van der Waals surface area contributed by atoms with Crippen molar-refractivity contribution in [2.45, 2.75) is 51.7 Å². The van der Waals surface area contributed by atoms with Crippen LogP contribution < -0.4 is 11.1 Å². The molecule has 1 aliphatic heterocycles. The molecule has 37 heavy (non-hydrogen) atoms. The molecule has 0 unspecified atom stereocenters. The van der Waals surface area contributed by atoms with Crippen LogP contribution in [-0.4, -0.2) is 48.5 Å². The molecule has 3 N–H and O–H groups in total. The number of nitrogens with zero attached hydrogens (tertiary/aromatic N) is 6. The fourth-order valence-corrected chi connectivity index (χ4v) is 5.05. The van der Waals surface area contributed by atoms with Crippen LogP contribution in [0, 0.1) is 18.6 Å². The van der Waals surface area contributed by atoms with E-state index in [-0.39, 0.29) is 30.1 Å². The molecule has 8 nitrogen and oxygen atoms in total. The Morgan fingerprint density at radius 1 is 1.14 bits per heavy atom. The van der Waals surface area contributed by atoms with E-state index >= 15 is 0 Å². The van der Waals surface area contributed by atoms with E-state index in [1.807, 2.05) is 30.5 Å². The van der Waals surface area contributed by atoms with Crippen LogP contribution in [0.5, 0.6) is 0 Å². The first-order valence-electron chi connectivity index (χ1n) is 12.3. The highest BCUT2D eigenvalue weighted by atomic mass is 35.5. The number of aryl methyl sites for hydroxylation is 1. The lowest BCUT2D eigenvalue weighted by atomic mass is 10.1. The molecule has 4 heterocycles. The van der Waals surface area contributed by atoms with Gasteiger partial charge in [-0.15, -0.1) is 12.4 Å². The number of rotatable bonds is 6. The van der Waals surface area contributed by atoms with Gasteiger partial charge in [0.15, 0.2) is 11.6 Å². The Bertz CT molecular complexity index is 1470. The summed E-state index contributed by atoms with van der Waals surface area (Å²) in [5.41, 5.74) is 9.46. The third-order valence-electron chi connectivity index (χ3n) is 6.77. The smallest absolute Gasteiger partial charge is 0.229 e. The third kappa shape index (κ3) is 5.01. The van der Waals surface area contributed by atoms with Crippen LogP contribution in [0.4, 0.5) is 20.5 Å². The molecule has 1 saturated carbocycles. The number of nitrogens with one attached hydrogen (secondary N) is 1. The molecule has 1 atom stereocenters. The monoisotopic (exact) mass is 526 g/mol. The fraction of sp³-hybridized carbons (Fsp3) is 0.385. The minimum Gasteiger partial charge on any atom is -0.327 e. The number of hydrogen-bond acceptors (Lipinski definition) is 7.